The largest absolute Gasteiger partial charge is 0.379 e. The van der Waals surface area contributed by atoms with Crippen LogP contribution in [0.5, 0.6) is 0 Å². The van der Waals surface area contributed by atoms with Gasteiger partial charge in [-0.3, -0.25) is 4.90 Å². The van der Waals surface area contributed by atoms with Crippen molar-refractivity contribution in [3.63, 3.8) is 0 Å². The number of benzene rings is 1. The van der Waals surface area contributed by atoms with Crippen LogP contribution >= 0.6 is 11.6 Å². The first-order valence-electron chi connectivity index (χ1n) is 7.18. The van der Waals surface area contributed by atoms with E-state index in [0.29, 0.717) is 5.92 Å². The molecule has 1 aliphatic rings. The molecule has 0 saturated carbocycles. The second-order valence-electron chi connectivity index (χ2n) is 5.72. The third-order valence-corrected chi connectivity index (χ3v) is 3.90. The first-order valence-corrected chi connectivity index (χ1v) is 7.62. The lowest BCUT2D eigenvalue weighted by Crippen LogP contribution is -2.38. The van der Waals surface area contributed by atoms with Crippen molar-refractivity contribution in [2.24, 2.45) is 5.92 Å². The summed E-state index contributed by atoms with van der Waals surface area (Å²) in [5.74, 6) is 0.700. The number of rotatable bonds is 5. The number of ether oxygens (including phenoxy) is 1. The lowest BCUT2D eigenvalue weighted by atomic mass is 10.0. The van der Waals surface area contributed by atoms with Crippen molar-refractivity contribution in [3.05, 3.63) is 35.4 Å². The maximum atomic E-state index is 6.52. The number of morpholine rings is 1. The van der Waals surface area contributed by atoms with Gasteiger partial charge in [-0.05, 0) is 23.5 Å². The molecule has 3 heteroatoms. The Morgan fingerprint density at radius 2 is 1.79 bits per heavy atom. The summed E-state index contributed by atoms with van der Waals surface area (Å²) in [5.41, 5.74) is 2.62. The molecule has 1 saturated heterocycles. The molecule has 106 valence electrons. The van der Waals surface area contributed by atoms with Gasteiger partial charge < -0.3 is 4.74 Å². The molecule has 2 nitrogen and oxygen atoms in total. The second kappa shape index (κ2) is 7.28. The second-order valence-corrected chi connectivity index (χ2v) is 6.25. The maximum absolute atomic E-state index is 6.52. The van der Waals surface area contributed by atoms with Crippen LogP contribution in [-0.4, -0.2) is 37.7 Å². The molecule has 1 fully saturated rings. The fraction of sp³-hybridized carbons (Fsp3) is 0.625. The molecule has 0 aromatic heterocycles. The summed E-state index contributed by atoms with van der Waals surface area (Å²) in [7, 11) is 0. The van der Waals surface area contributed by atoms with E-state index >= 15 is 0 Å². The predicted octanol–water partition coefficient (Wildman–Crippen LogP) is 3.50. The van der Waals surface area contributed by atoms with Gasteiger partial charge in [0.2, 0.25) is 0 Å². The minimum Gasteiger partial charge on any atom is -0.379 e. The van der Waals surface area contributed by atoms with E-state index in [1.54, 1.807) is 0 Å². The van der Waals surface area contributed by atoms with Gasteiger partial charge in [0, 0.05) is 19.6 Å². The van der Waals surface area contributed by atoms with E-state index in [1.807, 2.05) is 0 Å². The monoisotopic (exact) mass is 281 g/mol. The molecule has 1 aromatic rings. The Kier molecular flexibility index (Phi) is 5.68. The molecule has 0 bridgehead atoms. The van der Waals surface area contributed by atoms with Gasteiger partial charge in [-0.25, -0.2) is 0 Å². The molecule has 2 rings (SSSR count). The van der Waals surface area contributed by atoms with Crippen LogP contribution in [-0.2, 0) is 11.2 Å². The third kappa shape index (κ3) is 4.79. The molecule has 1 aliphatic heterocycles. The summed E-state index contributed by atoms with van der Waals surface area (Å²) in [4.78, 5) is 2.38. The molecule has 19 heavy (non-hydrogen) atoms. The molecule has 0 N–H and O–H groups in total. The molecular weight excluding hydrogens is 258 g/mol. The van der Waals surface area contributed by atoms with E-state index in [9.17, 15) is 0 Å². The summed E-state index contributed by atoms with van der Waals surface area (Å²) < 4.78 is 5.35. The smallest absolute Gasteiger partial charge is 0.0712 e. The van der Waals surface area contributed by atoms with Gasteiger partial charge in [0.25, 0.3) is 0 Å². The van der Waals surface area contributed by atoms with Gasteiger partial charge in [0.05, 0.1) is 18.6 Å². The van der Waals surface area contributed by atoms with Crippen molar-refractivity contribution in [1.29, 1.82) is 0 Å². The van der Waals surface area contributed by atoms with Gasteiger partial charge >= 0.3 is 0 Å². The Balaban J connectivity index is 1.89. The topological polar surface area (TPSA) is 12.5 Å². The highest BCUT2D eigenvalue weighted by atomic mass is 35.5. The highest BCUT2D eigenvalue weighted by molar-refractivity contribution is 6.21. The summed E-state index contributed by atoms with van der Waals surface area (Å²) in [6.45, 7) is 9.05. The standard InChI is InChI=1S/C16H24ClNO/c1-13(2)11-14-3-5-15(6-4-14)16(17)12-18-7-9-19-10-8-18/h3-6,13,16H,7-12H2,1-2H3. The Hall–Kier alpha value is -0.570. The van der Waals surface area contributed by atoms with E-state index in [4.69, 9.17) is 16.3 Å². The lowest BCUT2D eigenvalue weighted by molar-refractivity contribution is 0.0379. The van der Waals surface area contributed by atoms with Crippen LogP contribution in [0.25, 0.3) is 0 Å². The zero-order valence-corrected chi connectivity index (χ0v) is 12.7. The highest BCUT2D eigenvalue weighted by Gasteiger charge is 2.16. The average Bonchev–Trinajstić information content (AvgIpc) is 2.40. The van der Waals surface area contributed by atoms with E-state index < -0.39 is 0 Å². The van der Waals surface area contributed by atoms with E-state index in [2.05, 4.69) is 43.0 Å². The van der Waals surface area contributed by atoms with Gasteiger partial charge in [0.15, 0.2) is 0 Å². The molecule has 0 radical (unpaired) electrons. The molecule has 1 atom stereocenters. The van der Waals surface area contributed by atoms with Crippen molar-refractivity contribution in [2.75, 3.05) is 32.8 Å². The zero-order valence-electron chi connectivity index (χ0n) is 11.9. The first-order chi connectivity index (χ1) is 9.15. The Morgan fingerprint density at radius 1 is 1.16 bits per heavy atom. The fourth-order valence-electron chi connectivity index (χ4n) is 2.45. The van der Waals surface area contributed by atoms with Crippen molar-refractivity contribution in [3.8, 4) is 0 Å². The summed E-state index contributed by atoms with van der Waals surface area (Å²) in [5, 5.41) is 0.0752. The van der Waals surface area contributed by atoms with Crippen molar-refractivity contribution in [1.82, 2.24) is 4.90 Å². The van der Waals surface area contributed by atoms with Crippen LogP contribution in [0.4, 0.5) is 0 Å². The SMILES string of the molecule is CC(C)Cc1ccc(C(Cl)CN2CCOCC2)cc1. The summed E-state index contributed by atoms with van der Waals surface area (Å²) >= 11 is 6.52. The lowest BCUT2D eigenvalue weighted by Gasteiger charge is -2.28. The number of alkyl halides is 1. The predicted molar refractivity (Wildman–Crippen MR) is 80.8 cm³/mol. The van der Waals surface area contributed by atoms with Gasteiger partial charge in [0.1, 0.15) is 0 Å². The third-order valence-electron chi connectivity index (χ3n) is 3.51. The van der Waals surface area contributed by atoms with Crippen molar-refractivity contribution >= 4 is 11.6 Å². The van der Waals surface area contributed by atoms with Crippen LogP contribution < -0.4 is 0 Å². The molecule has 1 unspecified atom stereocenters. The molecule has 0 spiro atoms. The van der Waals surface area contributed by atoms with Gasteiger partial charge in [-0.1, -0.05) is 38.1 Å². The van der Waals surface area contributed by atoms with Crippen LogP contribution in [0.2, 0.25) is 0 Å². The summed E-state index contributed by atoms with van der Waals surface area (Å²) in [6.07, 6.45) is 1.14. The minimum atomic E-state index is 0.0752. The van der Waals surface area contributed by atoms with Crippen LogP contribution in [0.15, 0.2) is 24.3 Å². The van der Waals surface area contributed by atoms with Crippen LogP contribution in [0, 0.1) is 5.92 Å². The van der Waals surface area contributed by atoms with Crippen LogP contribution in [0.3, 0.4) is 0 Å². The minimum absolute atomic E-state index is 0.0752. The number of hydrogen-bond donors (Lipinski definition) is 0. The fourth-order valence-corrected chi connectivity index (χ4v) is 2.79. The van der Waals surface area contributed by atoms with E-state index in [1.165, 1.54) is 11.1 Å². The molecule has 1 aromatic carbocycles. The Morgan fingerprint density at radius 3 is 2.37 bits per heavy atom. The zero-order chi connectivity index (χ0) is 13.7. The van der Waals surface area contributed by atoms with E-state index in [-0.39, 0.29) is 5.38 Å². The first kappa shape index (κ1) is 14.8. The maximum Gasteiger partial charge on any atom is 0.0712 e. The number of nitrogens with zero attached hydrogens (tertiary/aromatic N) is 1. The molecule has 0 aliphatic carbocycles. The van der Waals surface area contributed by atoms with Gasteiger partial charge in [-0.2, -0.15) is 0 Å². The Bertz CT molecular complexity index is 371. The quantitative estimate of drug-likeness (QED) is 0.766. The van der Waals surface area contributed by atoms with Crippen LogP contribution in [0.1, 0.15) is 30.4 Å². The summed E-state index contributed by atoms with van der Waals surface area (Å²) in [6, 6.07) is 8.78. The molecule has 0 amide bonds. The van der Waals surface area contributed by atoms with Gasteiger partial charge in [-0.15, -0.1) is 11.6 Å². The average molecular weight is 282 g/mol. The highest BCUT2D eigenvalue weighted by Crippen LogP contribution is 2.23. The Labute approximate surface area is 121 Å². The molecule has 1 heterocycles. The normalized spacial score (nSPS) is 18.7. The molecular formula is C16H24ClNO. The van der Waals surface area contributed by atoms with Crippen molar-refractivity contribution < 1.29 is 4.74 Å². The van der Waals surface area contributed by atoms with E-state index in [0.717, 1.165) is 39.3 Å². The van der Waals surface area contributed by atoms with Crippen molar-refractivity contribution in [2.45, 2.75) is 25.6 Å². The number of halogens is 1. The number of hydrogen-bond acceptors (Lipinski definition) is 2.